The zero-order valence-corrected chi connectivity index (χ0v) is 20.3. The van der Waals surface area contributed by atoms with Crippen LogP contribution in [0.2, 0.25) is 0 Å². The lowest BCUT2D eigenvalue weighted by molar-refractivity contribution is -0.169. The molecular formula is C22H30N4O7S. The summed E-state index contributed by atoms with van der Waals surface area (Å²) in [5.41, 5.74) is 0.945. The maximum atomic E-state index is 12.5. The van der Waals surface area contributed by atoms with Crippen molar-refractivity contribution in [3.8, 4) is 0 Å². The standard InChI is InChI=1S/C22H30N4O7S/c1-4-7-14(27)30-10-13-18(32-15(28)8-5-2)19(33-16(29)9-6-3)22(31-13)26-12-25-17-20(26)23-11-24-21(17)34/h11-13,18-19,22H,4-10H2,1-3H3,(H,23,24,34). The Kier molecular flexibility index (Phi) is 9.11. The number of esters is 3. The van der Waals surface area contributed by atoms with Gasteiger partial charge in [0.2, 0.25) is 0 Å². The van der Waals surface area contributed by atoms with E-state index in [4.69, 9.17) is 31.2 Å². The number of nitrogens with one attached hydrogen (secondary N) is 1. The highest BCUT2D eigenvalue weighted by molar-refractivity contribution is 7.71. The lowest BCUT2D eigenvalue weighted by atomic mass is 10.1. The van der Waals surface area contributed by atoms with Crippen LogP contribution in [0.3, 0.4) is 0 Å². The van der Waals surface area contributed by atoms with Gasteiger partial charge in [0.05, 0.1) is 12.7 Å². The number of carbonyl (C=O) groups is 3. The molecule has 0 radical (unpaired) electrons. The summed E-state index contributed by atoms with van der Waals surface area (Å²) < 4.78 is 24.9. The quantitative estimate of drug-likeness (QED) is 0.282. The van der Waals surface area contributed by atoms with Crippen molar-refractivity contribution in [1.29, 1.82) is 0 Å². The van der Waals surface area contributed by atoms with E-state index < -0.39 is 42.4 Å². The Balaban J connectivity index is 1.97. The SMILES string of the molecule is CCCC(=O)OCC1OC(n2cnc3c(=S)nc[nH]c32)C(OC(=O)CCC)C1OC(=O)CCC. The smallest absolute Gasteiger partial charge is 0.306 e. The van der Waals surface area contributed by atoms with E-state index in [0.717, 1.165) is 0 Å². The van der Waals surface area contributed by atoms with Crippen molar-refractivity contribution < 1.29 is 33.3 Å². The van der Waals surface area contributed by atoms with Gasteiger partial charge in [-0.2, -0.15) is 0 Å². The van der Waals surface area contributed by atoms with Gasteiger partial charge in [-0.3, -0.25) is 19.0 Å². The third-order valence-corrected chi connectivity index (χ3v) is 5.54. The number of aromatic nitrogens is 4. The topological polar surface area (TPSA) is 135 Å². The molecule has 1 aliphatic rings. The number of fused-ring (bicyclic) bond motifs is 1. The van der Waals surface area contributed by atoms with E-state index in [1.807, 2.05) is 20.8 Å². The number of hydrogen-bond donors (Lipinski definition) is 1. The second kappa shape index (κ2) is 12.0. The van der Waals surface area contributed by atoms with Crippen LogP contribution in [0, 0.1) is 4.64 Å². The Morgan fingerprint density at radius 3 is 2.26 bits per heavy atom. The minimum Gasteiger partial charge on any atom is -0.463 e. The molecule has 11 nitrogen and oxygen atoms in total. The van der Waals surface area contributed by atoms with Crippen molar-refractivity contribution >= 4 is 41.3 Å². The molecule has 1 saturated heterocycles. The first-order valence-electron chi connectivity index (χ1n) is 11.5. The number of ether oxygens (including phenoxy) is 4. The first-order valence-corrected chi connectivity index (χ1v) is 11.9. The number of nitrogens with zero attached hydrogens (tertiary/aromatic N) is 3. The molecule has 0 spiro atoms. The lowest BCUT2D eigenvalue weighted by Gasteiger charge is -2.24. The Bertz CT molecular complexity index is 1070. The van der Waals surface area contributed by atoms with E-state index in [1.54, 1.807) is 4.57 Å². The highest BCUT2D eigenvalue weighted by atomic mass is 32.1. The number of aromatic amines is 1. The highest BCUT2D eigenvalue weighted by Crippen LogP contribution is 2.36. The first-order chi connectivity index (χ1) is 16.4. The van der Waals surface area contributed by atoms with Gasteiger partial charge in [-0.25, -0.2) is 9.97 Å². The molecule has 3 rings (SSSR count). The Morgan fingerprint density at radius 1 is 1.00 bits per heavy atom. The molecule has 0 amide bonds. The molecule has 0 bridgehead atoms. The zero-order chi connectivity index (χ0) is 24.7. The Labute approximate surface area is 202 Å². The summed E-state index contributed by atoms with van der Waals surface area (Å²) >= 11 is 5.24. The van der Waals surface area contributed by atoms with Crippen LogP contribution in [0.5, 0.6) is 0 Å². The van der Waals surface area contributed by atoms with Crippen molar-refractivity contribution in [2.24, 2.45) is 0 Å². The van der Waals surface area contributed by atoms with E-state index in [0.29, 0.717) is 35.1 Å². The molecule has 34 heavy (non-hydrogen) atoms. The third-order valence-electron chi connectivity index (χ3n) is 5.25. The molecular weight excluding hydrogens is 464 g/mol. The van der Waals surface area contributed by atoms with Crippen LogP contribution in [0.4, 0.5) is 0 Å². The van der Waals surface area contributed by atoms with E-state index in [1.165, 1.54) is 12.7 Å². The maximum absolute atomic E-state index is 12.5. The van der Waals surface area contributed by atoms with Crippen LogP contribution in [0.25, 0.3) is 11.2 Å². The van der Waals surface area contributed by atoms with Crippen molar-refractivity contribution in [3.63, 3.8) is 0 Å². The molecule has 1 N–H and O–H groups in total. The first kappa shape index (κ1) is 25.8. The summed E-state index contributed by atoms with van der Waals surface area (Å²) in [6, 6.07) is 0. The minimum absolute atomic E-state index is 0.161. The van der Waals surface area contributed by atoms with Gasteiger partial charge in [0.25, 0.3) is 0 Å². The molecule has 4 unspecified atom stereocenters. The van der Waals surface area contributed by atoms with Gasteiger partial charge in [-0.05, 0) is 19.3 Å². The van der Waals surface area contributed by atoms with Gasteiger partial charge >= 0.3 is 17.9 Å². The van der Waals surface area contributed by atoms with Crippen LogP contribution in [0.1, 0.15) is 65.5 Å². The molecule has 4 atom stereocenters. The molecule has 1 aliphatic heterocycles. The van der Waals surface area contributed by atoms with Gasteiger partial charge in [-0.1, -0.05) is 33.0 Å². The molecule has 2 aromatic heterocycles. The summed E-state index contributed by atoms with van der Waals surface area (Å²) in [6.45, 7) is 5.41. The minimum atomic E-state index is -0.998. The number of hydrogen-bond acceptors (Lipinski definition) is 10. The second-order valence-electron chi connectivity index (χ2n) is 7.96. The summed E-state index contributed by atoms with van der Waals surface area (Å²) in [5.74, 6) is -1.31. The third kappa shape index (κ3) is 5.98. The average Bonchev–Trinajstić information content (AvgIpc) is 3.36. The molecule has 0 saturated carbocycles. The maximum Gasteiger partial charge on any atom is 0.306 e. The van der Waals surface area contributed by atoms with Gasteiger partial charge in [0.1, 0.15) is 23.9 Å². The fourth-order valence-electron chi connectivity index (χ4n) is 3.68. The predicted molar refractivity (Wildman–Crippen MR) is 122 cm³/mol. The van der Waals surface area contributed by atoms with Gasteiger partial charge in [0, 0.05) is 19.3 Å². The molecule has 1 fully saturated rings. The van der Waals surface area contributed by atoms with Crippen molar-refractivity contribution in [2.45, 2.75) is 83.8 Å². The van der Waals surface area contributed by atoms with Gasteiger partial charge in [-0.15, -0.1) is 0 Å². The summed E-state index contributed by atoms with van der Waals surface area (Å²) in [4.78, 5) is 48.2. The fraction of sp³-hybridized carbons (Fsp3) is 0.636. The Hall–Kier alpha value is -2.86. The number of rotatable bonds is 11. The van der Waals surface area contributed by atoms with Crippen molar-refractivity contribution in [2.75, 3.05) is 6.61 Å². The van der Waals surface area contributed by atoms with E-state index in [9.17, 15) is 14.4 Å². The lowest BCUT2D eigenvalue weighted by Crippen LogP contribution is -2.41. The molecule has 0 aliphatic carbocycles. The normalized spacial score (nSPS) is 22.0. The monoisotopic (exact) mass is 494 g/mol. The van der Waals surface area contributed by atoms with Crippen molar-refractivity contribution in [1.82, 2.24) is 19.5 Å². The molecule has 186 valence electrons. The number of carbonyl (C=O) groups excluding carboxylic acids is 3. The van der Waals surface area contributed by atoms with E-state index in [2.05, 4.69) is 15.0 Å². The molecule has 2 aromatic rings. The fourth-order valence-corrected chi connectivity index (χ4v) is 3.88. The van der Waals surface area contributed by atoms with Crippen LogP contribution in [-0.2, 0) is 33.3 Å². The van der Waals surface area contributed by atoms with E-state index in [-0.39, 0.29) is 25.9 Å². The molecule has 3 heterocycles. The van der Waals surface area contributed by atoms with E-state index >= 15 is 0 Å². The number of H-pyrrole nitrogens is 1. The van der Waals surface area contributed by atoms with Gasteiger partial charge in [0.15, 0.2) is 23.1 Å². The molecule has 12 heteroatoms. The van der Waals surface area contributed by atoms with Gasteiger partial charge < -0.3 is 23.9 Å². The summed E-state index contributed by atoms with van der Waals surface area (Å²) in [5, 5.41) is 0. The van der Waals surface area contributed by atoms with Crippen LogP contribution < -0.4 is 0 Å². The highest BCUT2D eigenvalue weighted by Gasteiger charge is 2.51. The second-order valence-corrected chi connectivity index (χ2v) is 8.35. The van der Waals surface area contributed by atoms with Crippen LogP contribution in [0.15, 0.2) is 12.7 Å². The molecule has 0 aromatic carbocycles. The average molecular weight is 495 g/mol. The zero-order valence-electron chi connectivity index (χ0n) is 19.5. The van der Waals surface area contributed by atoms with Crippen LogP contribution in [-0.4, -0.2) is 62.3 Å². The predicted octanol–water partition coefficient (Wildman–Crippen LogP) is 3.15. The van der Waals surface area contributed by atoms with Crippen LogP contribution >= 0.6 is 12.2 Å². The largest absolute Gasteiger partial charge is 0.463 e. The summed E-state index contributed by atoms with van der Waals surface area (Å²) in [6.07, 6.45) is 1.60. The Morgan fingerprint density at radius 2 is 1.62 bits per heavy atom. The summed E-state index contributed by atoms with van der Waals surface area (Å²) in [7, 11) is 0. The van der Waals surface area contributed by atoms with Crippen molar-refractivity contribution in [3.05, 3.63) is 17.3 Å². The number of imidazole rings is 1.